The molecule has 9 nitrogen and oxygen atoms in total. The van der Waals surface area contributed by atoms with Gasteiger partial charge in [-0.15, -0.1) is 0 Å². The van der Waals surface area contributed by atoms with E-state index in [1.807, 2.05) is 4.90 Å². The molecule has 2 aromatic carbocycles. The molecule has 3 aliphatic rings. The zero-order valence-corrected chi connectivity index (χ0v) is 25.0. The maximum absolute atomic E-state index is 15.0. The molecule has 2 saturated carbocycles. The number of nitrogens with two attached hydrogens (primary N) is 1. The summed E-state index contributed by atoms with van der Waals surface area (Å²) < 4.78 is 34.4. The molecule has 12 heteroatoms. The van der Waals surface area contributed by atoms with Gasteiger partial charge in [0.15, 0.2) is 0 Å². The largest absolute Gasteiger partial charge is 0.495 e. The van der Waals surface area contributed by atoms with Gasteiger partial charge in [0.2, 0.25) is 0 Å². The molecule has 0 unspecified atom stereocenters. The molecule has 1 aliphatic heterocycles. The molecular formula is C32H34ClF2N5O4. The molecule has 0 spiro atoms. The molecule has 6 rings (SSSR count). The van der Waals surface area contributed by atoms with Crippen molar-refractivity contribution >= 4 is 35.1 Å². The van der Waals surface area contributed by atoms with E-state index in [9.17, 15) is 19.4 Å². The Balaban J connectivity index is 1.34. The Kier molecular flexibility index (Phi) is 8.21. The summed E-state index contributed by atoms with van der Waals surface area (Å²) in [6, 6.07) is 8.63. The molecule has 5 N–H and O–H groups in total. The van der Waals surface area contributed by atoms with Gasteiger partial charge in [-0.05, 0) is 68.4 Å². The molecule has 2 aliphatic carbocycles. The van der Waals surface area contributed by atoms with E-state index in [1.54, 1.807) is 24.4 Å². The van der Waals surface area contributed by atoms with Crippen LogP contribution in [0.25, 0.3) is 11.3 Å². The fourth-order valence-corrected chi connectivity index (χ4v) is 5.70. The SMILES string of the molecule is COc1cc(C(=O)NC[C@](O)(c2cc(N3CC[C@H](O)C3)cc(-c3cc(Cl)c(F)cc3F)n2)C2CC2)cc(C=NC2CC2)c1N. The third-order valence-corrected chi connectivity index (χ3v) is 8.76. The number of aliphatic hydroxyl groups is 2. The van der Waals surface area contributed by atoms with Crippen LogP contribution in [-0.4, -0.2) is 66.2 Å². The second kappa shape index (κ2) is 11.9. The minimum absolute atomic E-state index is 0.0317. The standard InChI is InChI=1S/C32H34ClF2N5O4/c1-44-28-9-17(8-18(30(28)36)14-37-20-4-5-20)31(42)38-16-32(43,19-2-3-19)29-11-21(40-7-6-22(41)15-40)10-27(39-29)23-12-24(33)26(35)13-25(23)34/h8-14,19-20,22,41,43H,2-7,15-16,36H2,1H3,(H,38,42)/t22-,32+/m0/s1. The predicted octanol–water partition coefficient (Wildman–Crippen LogP) is 4.45. The number of nitrogens with one attached hydrogen (secondary N) is 1. The maximum atomic E-state index is 15.0. The number of amides is 1. The molecule has 2 atom stereocenters. The van der Waals surface area contributed by atoms with Crippen molar-refractivity contribution in [3.63, 3.8) is 0 Å². The van der Waals surface area contributed by atoms with Gasteiger partial charge in [0.25, 0.3) is 5.91 Å². The van der Waals surface area contributed by atoms with Gasteiger partial charge >= 0.3 is 0 Å². The Hall–Kier alpha value is -3.80. The summed E-state index contributed by atoms with van der Waals surface area (Å²) in [4.78, 5) is 24.5. The number of aliphatic imine (C=N–C) groups is 1. The maximum Gasteiger partial charge on any atom is 0.251 e. The summed E-state index contributed by atoms with van der Waals surface area (Å²) in [6.07, 6.45) is 5.09. The molecule has 1 aromatic heterocycles. The van der Waals surface area contributed by atoms with Crippen molar-refractivity contribution in [1.29, 1.82) is 0 Å². The van der Waals surface area contributed by atoms with E-state index < -0.39 is 29.2 Å². The lowest BCUT2D eigenvalue weighted by atomic mass is 9.91. The third-order valence-electron chi connectivity index (χ3n) is 8.47. The van der Waals surface area contributed by atoms with Gasteiger partial charge in [-0.3, -0.25) is 9.79 Å². The monoisotopic (exact) mass is 625 g/mol. The summed E-state index contributed by atoms with van der Waals surface area (Å²) in [6.45, 7) is 0.708. The van der Waals surface area contributed by atoms with Gasteiger partial charge in [-0.1, -0.05) is 11.6 Å². The van der Waals surface area contributed by atoms with Crippen molar-refractivity contribution in [3.05, 3.63) is 69.9 Å². The van der Waals surface area contributed by atoms with Crippen LogP contribution in [-0.2, 0) is 5.60 Å². The zero-order valence-electron chi connectivity index (χ0n) is 24.2. The Morgan fingerprint density at radius 1 is 1.18 bits per heavy atom. The van der Waals surface area contributed by atoms with Gasteiger partial charge < -0.3 is 30.9 Å². The number of halogens is 3. The Morgan fingerprint density at radius 3 is 2.61 bits per heavy atom. The van der Waals surface area contributed by atoms with Crippen LogP contribution in [0.4, 0.5) is 20.2 Å². The second-order valence-electron chi connectivity index (χ2n) is 11.8. The number of carbonyl (C=O) groups excluding carboxylic acids is 1. The van der Waals surface area contributed by atoms with Crippen molar-refractivity contribution in [2.45, 2.75) is 49.9 Å². The highest BCUT2D eigenvalue weighted by Gasteiger charge is 2.47. The van der Waals surface area contributed by atoms with E-state index in [0.29, 0.717) is 61.1 Å². The van der Waals surface area contributed by atoms with Crippen molar-refractivity contribution < 1.29 is 28.5 Å². The van der Waals surface area contributed by atoms with Crippen LogP contribution in [0.3, 0.4) is 0 Å². The average molecular weight is 626 g/mol. The van der Waals surface area contributed by atoms with Crippen LogP contribution in [0.15, 0.2) is 41.4 Å². The lowest BCUT2D eigenvalue weighted by molar-refractivity contribution is 0.00962. The van der Waals surface area contributed by atoms with Crippen LogP contribution in [0.2, 0.25) is 5.02 Å². The van der Waals surface area contributed by atoms with E-state index >= 15 is 4.39 Å². The van der Waals surface area contributed by atoms with Crippen molar-refractivity contribution in [3.8, 4) is 17.0 Å². The van der Waals surface area contributed by atoms with Crippen molar-refractivity contribution in [2.75, 3.05) is 37.4 Å². The number of aromatic nitrogens is 1. The Morgan fingerprint density at radius 2 is 1.95 bits per heavy atom. The number of hydrogen-bond acceptors (Lipinski definition) is 8. The molecule has 1 saturated heterocycles. The van der Waals surface area contributed by atoms with Crippen LogP contribution in [0, 0.1) is 17.6 Å². The number of carbonyl (C=O) groups is 1. The first-order valence-corrected chi connectivity index (χ1v) is 15.0. The number of aliphatic hydroxyl groups excluding tert-OH is 1. The van der Waals surface area contributed by atoms with E-state index in [-0.39, 0.29) is 46.0 Å². The first-order valence-electron chi connectivity index (χ1n) is 14.7. The number of methoxy groups -OCH3 is 1. The minimum Gasteiger partial charge on any atom is -0.495 e. The number of benzene rings is 2. The molecule has 3 fully saturated rings. The lowest BCUT2D eigenvalue weighted by Gasteiger charge is -2.30. The average Bonchev–Trinajstić information content (AvgIpc) is 3.95. The zero-order chi connectivity index (χ0) is 31.2. The number of hydrogen-bond donors (Lipinski definition) is 4. The number of pyridine rings is 1. The number of nitrogen functional groups attached to an aromatic ring is 1. The summed E-state index contributed by atoms with van der Waals surface area (Å²) in [5, 5.41) is 24.9. The van der Waals surface area contributed by atoms with Crippen LogP contribution < -0.4 is 20.7 Å². The van der Waals surface area contributed by atoms with Gasteiger partial charge in [-0.25, -0.2) is 13.8 Å². The van der Waals surface area contributed by atoms with E-state index in [2.05, 4.69) is 15.3 Å². The number of nitrogens with zero attached hydrogens (tertiary/aromatic N) is 3. The fraction of sp³-hybridized carbons (Fsp3) is 0.406. The van der Waals surface area contributed by atoms with Crippen molar-refractivity contribution in [2.24, 2.45) is 10.9 Å². The van der Waals surface area contributed by atoms with E-state index in [1.165, 1.54) is 13.2 Å². The number of anilines is 2. The summed E-state index contributed by atoms with van der Waals surface area (Å²) in [5.41, 5.74) is 6.78. The third kappa shape index (κ3) is 6.22. The minimum atomic E-state index is -1.60. The van der Waals surface area contributed by atoms with Gasteiger partial charge in [0.1, 0.15) is 23.0 Å². The first-order chi connectivity index (χ1) is 21.0. The van der Waals surface area contributed by atoms with Crippen LogP contribution in [0.5, 0.6) is 5.75 Å². The highest BCUT2D eigenvalue weighted by Crippen LogP contribution is 2.46. The highest BCUT2D eigenvalue weighted by molar-refractivity contribution is 6.31. The van der Waals surface area contributed by atoms with E-state index in [4.69, 9.17) is 22.1 Å². The quantitative estimate of drug-likeness (QED) is 0.149. The van der Waals surface area contributed by atoms with Crippen molar-refractivity contribution in [1.82, 2.24) is 10.3 Å². The van der Waals surface area contributed by atoms with Gasteiger partial charge in [-0.2, -0.15) is 0 Å². The smallest absolute Gasteiger partial charge is 0.251 e. The van der Waals surface area contributed by atoms with Crippen LogP contribution in [0.1, 0.15) is 53.7 Å². The highest BCUT2D eigenvalue weighted by atomic mass is 35.5. The predicted molar refractivity (Wildman–Crippen MR) is 164 cm³/mol. The molecule has 0 bridgehead atoms. The molecule has 3 aromatic rings. The molecular weight excluding hydrogens is 592 g/mol. The Labute approximate surface area is 258 Å². The van der Waals surface area contributed by atoms with E-state index in [0.717, 1.165) is 18.9 Å². The summed E-state index contributed by atoms with van der Waals surface area (Å²) in [5.74, 6) is -2.10. The van der Waals surface area contributed by atoms with Crippen LogP contribution >= 0.6 is 11.6 Å². The first kappa shape index (κ1) is 30.2. The lowest BCUT2D eigenvalue weighted by Crippen LogP contribution is -2.43. The number of β-amino-alcohol motifs (C(OH)–C–C–N with tert-alkyl or cyclic N) is 1. The number of ether oxygens (including phenoxy) is 1. The second-order valence-corrected chi connectivity index (χ2v) is 12.2. The fourth-order valence-electron chi connectivity index (χ4n) is 5.54. The summed E-state index contributed by atoms with van der Waals surface area (Å²) >= 11 is 6.00. The number of rotatable bonds is 10. The topological polar surface area (TPSA) is 133 Å². The van der Waals surface area contributed by atoms with Gasteiger partial charge in [0.05, 0.1) is 47.9 Å². The molecule has 2 heterocycles. The molecule has 232 valence electrons. The van der Waals surface area contributed by atoms with Gasteiger partial charge in [0, 0.05) is 47.7 Å². The normalized spacial score (nSPS) is 19.8. The molecule has 44 heavy (non-hydrogen) atoms. The Bertz CT molecular complexity index is 1630. The molecule has 1 amide bonds. The summed E-state index contributed by atoms with van der Waals surface area (Å²) in [7, 11) is 1.47. The molecule has 0 radical (unpaired) electrons.